The minimum atomic E-state index is -1.46. The average molecular weight is 529 g/mol. The Morgan fingerprint density at radius 2 is 1.71 bits per heavy atom. The van der Waals surface area contributed by atoms with Gasteiger partial charge < -0.3 is 20.3 Å². The van der Waals surface area contributed by atoms with E-state index in [1.807, 2.05) is 54.7 Å². The summed E-state index contributed by atoms with van der Waals surface area (Å²) < 4.78 is 0. The molecule has 5 aliphatic heterocycles. The van der Waals surface area contributed by atoms with E-state index in [2.05, 4.69) is 10.3 Å². The number of rotatable bonds is 1. The molecular weight excluding hydrogens is 509 g/mol. The number of amides is 2. The summed E-state index contributed by atoms with van der Waals surface area (Å²) in [6.07, 6.45) is 0.112. The van der Waals surface area contributed by atoms with Crippen LogP contribution >= 0.6 is 41.2 Å². The number of nitrogens with zero attached hydrogens (tertiary/aromatic N) is 2. The van der Waals surface area contributed by atoms with Crippen LogP contribution in [0.3, 0.4) is 0 Å². The number of hydrogen-bond acceptors (Lipinski definition) is 8. The molecular formula is C23H20N4O3S4. The minimum absolute atomic E-state index is 0.175. The fourth-order valence-electron chi connectivity index (χ4n) is 6.08. The van der Waals surface area contributed by atoms with Crippen LogP contribution in [0.4, 0.5) is 5.69 Å². The number of aromatic amines is 1. The maximum absolute atomic E-state index is 14.2. The molecule has 0 saturated carbocycles. The van der Waals surface area contributed by atoms with E-state index >= 15 is 0 Å². The third-order valence-corrected chi connectivity index (χ3v) is 15.1. The van der Waals surface area contributed by atoms with Gasteiger partial charge in [-0.3, -0.25) is 14.5 Å². The van der Waals surface area contributed by atoms with Crippen LogP contribution in [0.2, 0.25) is 0 Å². The quantitative estimate of drug-likeness (QED) is 0.409. The summed E-state index contributed by atoms with van der Waals surface area (Å²) in [7, 11) is 7.25. The van der Waals surface area contributed by atoms with Gasteiger partial charge in [-0.05, 0) is 71.4 Å². The number of nitrogens with one attached hydrogen (secondary N) is 2. The van der Waals surface area contributed by atoms with Gasteiger partial charge in [0.2, 0.25) is 4.87 Å². The Kier molecular flexibility index (Phi) is 4.30. The molecule has 5 atom stereocenters. The maximum atomic E-state index is 14.2. The highest BCUT2D eigenvalue weighted by Crippen LogP contribution is 2.69. The summed E-state index contributed by atoms with van der Waals surface area (Å²) in [6.45, 7) is 1.80. The highest BCUT2D eigenvalue weighted by atomic mass is 33.7. The molecule has 5 aliphatic rings. The van der Waals surface area contributed by atoms with E-state index < -0.39 is 27.4 Å². The van der Waals surface area contributed by atoms with E-state index in [-0.39, 0.29) is 11.8 Å². The van der Waals surface area contributed by atoms with Crippen LogP contribution in [0.15, 0.2) is 54.7 Å². The maximum Gasteiger partial charge on any atom is 0.264 e. The molecule has 2 bridgehead atoms. The van der Waals surface area contributed by atoms with Gasteiger partial charge in [0.1, 0.15) is 12.3 Å². The van der Waals surface area contributed by atoms with Gasteiger partial charge in [-0.1, -0.05) is 36.4 Å². The lowest BCUT2D eigenvalue weighted by molar-refractivity contribution is -0.165. The molecule has 7 nitrogen and oxygen atoms in total. The second kappa shape index (κ2) is 6.85. The van der Waals surface area contributed by atoms with Gasteiger partial charge in [0.05, 0.1) is 5.41 Å². The number of likely N-dealkylation sites (N-methyl/N-ethyl adjacent to an activating group) is 1. The molecule has 11 heteroatoms. The Morgan fingerprint density at radius 1 is 0.971 bits per heavy atom. The van der Waals surface area contributed by atoms with E-state index in [0.717, 1.165) is 27.7 Å². The molecule has 34 heavy (non-hydrogen) atoms. The number of aromatic nitrogens is 1. The molecule has 5 unspecified atom stereocenters. The molecule has 4 fully saturated rings. The van der Waals surface area contributed by atoms with Crippen molar-refractivity contribution in [3.8, 4) is 0 Å². The number of carbonyl (C=O) groups excluding carboxylic acids is 2. The Hall–Kier alpha value is -1.92. The summed E-state index contributed by atoms with van der Waals surface area (Å²) in [6, 6.07) is 15.8. The van der Waals surface area contributed by atoms with Crippen LogP contribution < -0.4 is 5.32 Å². The predicted molar refractivity (Wildman–Crippen MR) is 140 cm³/mol. The van der Waals surface area contributed by atoms with Crippen molar-refractivity contribution in [2.45, 2.75) is 34.4 Å². The molecule has 0 aliphatic carbocycles. The number of anilines is 1. The summed E-state index contributed by atoms with van der Waals surface area (Å²) in [5.41, 5.74) is 2.53. The highest BCUT2D eigenvalue weighted by molar-refractivity contribution is 9.26. The van der Waals surface area contributed by atoms with E-state index in [4.69, 9.17) is 0 Å². The molecule has 1 spiro atoms. The number of para-hydroxylation sites is 2. The van der Waals surface area contributed by atoms with Gasteiger partial charge in [0.15, 0.2) is 4.87 Å². The molecule has 2 amide bonds. The van der Waals surface area contributed by atoms with Crippen molar-refractivity contribution in [3.05, 3.63) is 65.9 Å². The highest BCUT2D eigenvalue weighted by Gasteiger charge is 2.80. The van der Waals surface area contributed by atoms with Crippen molar-refractivity contribution >= 4 is 69.6 Å². The van der Waals surface area contributed by atoms with Crippen LogP contribution in [0.5, 0.6) is 0 Å². The Bertz CT molecular complexity index is 1400. The largest absolute Gasteiger partial charge is 0.388 e. The van der Waals surface area contributed by atoms with Crippen LogP contribution in [0, 0.1) is 0 Å². The van der Waals surface area contributed by atoms with Crippen molar-refractivity contribution in [3.63, 3.8) is 0 Å². The number of benzene rings is 2. The standard InChI is InChI=1S/C23H20N4O3S4/c1-21-19(29)27-18-22(13-8-4-6-10-16(13)25-18,14-11-24-15-9-5-3-7-12(14)15)17(28)23(27,20(30)26(21)2)32-34-33-31-21/h3-11,17-18,24-25,28H,1-2H3. The molecule has 2 aromatic carbocycles. The van der Waals surface area contributed by atoms with Crippen molar-refractivity contribution in [2.24, 2.45) is 0 Å². The topological polar surface area (TPSA) is 88.7 Å². The van der Waals surface area contributed by atoms with E-state index in [1.165, 1.54) is 46.1 Å². The lowest BCUT2D eigenvalue weighted by atomic mass is 9.70. The fourth-order valence-corrected chi connectivity index (χ4v) is 13.8. The molecule has 174 valence electrons. The van der Waals surface area contributed by atoms with Gasteiger partial charge in [-0.15, -0.1) is 0 Å². The summed E-state index contributed by atoms with van der Waals surface area (Å²) in [4.78, 5) is 32.4. The van der Waals surface area contributed by atoms with E-state index in [9.17, 15) is 14.7 Å². The molecule has 3 N–H and O–H groups in total. The first-order valence-electron chi connectivity index (χ1n) is 10.8. The van der Waals surface area contributed by atoms with Crippen molar-refractivity contribution in [1.29, 1.82) is 0 Å². The normalized spacial score (nSPS) is 36.2. The van der Waals surface area contributed by atoms with Gasteiger partial charge in [0.25, 0.3) is 11.8 Å². The zero-order valence-electron chi connectivity index (χ0n) is 18.1. The van der Waals surface area contributed by atoms with Crippen LogP contribution in [-0.2, 0) is 15.0 Å². The second-order valence-electron chi connectivity index (χ2n) is 9.13. The van der Waals surface area contributed by atoms with Crippen molar-refractivity contribution in [1.82, 2.24) is 14.8 Å². The number of carbonyl (C=O) groups is 2. The second-order valence-corrected chi connectivity index (χ2v) is 15.4. The first-order chi connectivity index (χ1) is 16.4. The monoisotopic (exact) mass is 528 g/mol. The summed E-state index contributed by atoms with van der Waals surface area (Å²) >= 11 is 0. The van der Waals surface area contributed by atoms with E-state index in [1.54, 1.807) is 18.9 Å². The lowest BCUT2D eigenvalue weighted by Gasteiger charge is -2.54. The number of aliphatic hydroxyl groups is 1. The smallest absolute Gasteiger partial charge is 0.264 e. The summed E-state index contributed by atoms with van der Waals surface area (Å²) in [5.74, 6) is -0.425. The molecule has 0 radical (unpaired) electrons. The Morgan fingerprint density at radius 3 is 2.56 bits per heavy atom. The number of aliphatic hydroxyl groups excluding tert-OH is 1. The van der Waals surface area contributed by atoms with Gasteiger partial charge in [0, 0.05) is 29.8 Å². The fraction of sp³-hybridized carbons (Fsp3) is 0.304. The number of hydrogen-bond donors (Lipinski definition) is 3. The number of fused-ring (bicyclic) bond motifs is 8. The van der Waals surface area contributed by atoms with Crippen molar-refractivity contribution in [2.75, 3.05) is 12.4 Å². The zero-order valence-corrected chi connectivity index (χ0v) is 21.4. The first-order valence-corrected chi connectivity index (χ1v) is 15.6. The molecule has 8 rings (SSSR count). The zero-order chi connectivity index (χ0) is 23.5. The first kappa shape index (κ1) is 21.4. The predicted octanol–water partition coefficient (Wildman–Crippen LogP) is 3.98. The number of piperazine rings is 1. The Labute approximate surface area is 211 Å². The third kappa shape index (κ3) is 2.18. The third-order valence-electron chi connectivity index (χ3n) is 7.80. The molecule has 6 heterocycles. The molecule has 4 saturated heterocycles. The van der Waals surface area contributed by atoms with Gasteiger partial charge >= 0.3 is 0 Å². The van der Waals surface area contributed by atoms with Crippen LogP contribution in [-0.4, -0.2) is 60.8 Å². The SMILES string of the molecule is CN1C(=O)C23SSSSC1(C)C(=O)N2C1Nc2ccccc2C1(c1c[nH]c2ccccc12)C3O. The van der Waals surface area contributed by atoms with Crippen molar-refractivity contribution < 1.29 is 14.7 Å². The Balaban J connectivity index is 1.59. The average Bonchev–Trinajstić information content (AvgIpc) is 3.47. The summed E-state index contributed by atoms with van der Waals surface area (Å²) in [5, 5.41) is 17.0. The molecule has 3 aromatic rings. The van der Waals surface area contributed by atoms with Crippen LogP contribution in [0.25, 0.3) is 10.9 Å². The van der Waals surface area contributed by atoms with Gasteiger partial charge in [-0.2, -0.15) is 0 Å². The number of H-pyrrole nitrogens is 1. The van der Waals surface area contributed by atoms with Crippen LogP contribution in [0.1, 0.15) is 18.1 Å². The molecule has 1 aromatic heterocycles. The lowest BCUT2D eigenvalue weighted by Crippen LogP contribution is -2.74. The van der Waals surface area contributed by atoms with E-state index in [0.29, 0.717) is 0 Å². The minimum Gasteiger partial charge on any atom is -0.388 e. The van der Waals surface area contributed by atoms with Gasteiger partial charge in [-0.25, -0.2) is 0 Å².